The smallest absolute Gasteiger partial charge is 0.333 e. The molecule has 0 aliphatic rings. The molecule has 0 radical (unpaired) electrons. The highest BCUT2D eigenvalue weighted by Crippen LogP contribution is 2.03. The van der Waals surface area contributed by atoms with Crippen LogP contribution in [0.4, 0.5) is 0 Å². The Balaban J connectivity index is 3.93. The van der Waals surface area contributed by atoms with Gasteiger partial charge in [-0.3, -0.25) is 0 Å². The first-order valence-electron chi connectivity index (χ1n) is 5.52. The second-order valence-electron chi connectivity index (χ2n) is 3.52. The van der Waals surface area contributed by atoms with Crippen LogP contribution < -0.4 is 0 Å². The minimum atomic E-state index is -0.277. The maximum absolute atomic E-state index is 11.2. The molecule has 0 heterocycles. The molecule has 3 heteroatoms. The summed E-state index contributed by atoms with van der Waals surface area (Å²) in [5, 5.41) is 7.63. The number of rotatable bonds is 7. The number of ether oxygens (including phenoxy) is 1. The summed E-state index contributed by atoms with van der Waals surface area (Å²) < 4.78 is 4.84. The molecule has 0 spiro atoms. The van der Waals surface area contributed by atoms with Gasteiger partial charge in [-0.25, -0.2) is 4.79 Å². The summed E-state index contributed by atoms with van der Waals surface area (Å²) >= 11 is 0. The quantitative estimate of drug-likeness (QED) is 0.399. The predicted molar refractivity (Wildman–Crippen MR) is 62.3 cm³/mol. The van der Waals surface area contributed by atoms with Gasteiger partial charge in [-0.05, 0) is 26.7 Å². The second kappa shape index (κ2) is 8.21. The first-order valence-corrected chi connectivity index (χ1v) is 5.52. The van der Waals surface area contributed by atoms with Gasteiger partial charge in [-0.2, -0.15) is 0 Å². The molecule has 0 rings (SSSR count). The van der Waals surface area contributed by atoms with Crippen molar-refractivity contribution < 1.29 is 9.53 Å². The van der Waals surface area contributed by atoms with Crippen molar-refractivity contribution in [2.75, 3.05) is 6.61 Å². The molecule has 0 amide bonds. The van der Waals surface area contributed by atoms with E-state index in [9.17, 15) is 4.79 Å². The van der Waals surface area contributed by atoms with E-state index in [1.165, 1.54) is 0 Å². The lowest BCUT2D eigenvalue weighted by atomic mass is 10.1. The molecule has 0 aromatic rings. The molecular weight excluding hydrogens is 190 g/mol. The molecular formula is C12H21NO2. The number of hydrogen-bond donors (Lipinski definition) is 1. The van der Waals surface area contributed by atoms with Crippen LogP contribution in [0.3, 0.4) is 0 Å². The van der Waals surface area contributed by atoms with Crippen molar-refractivity contribution >= 4 is 11.7 Å². The first-order chi connectivity index (χ1) is 7.11. The van der Waals surface area contributed by atoms with E-state index in [1.807, 2.05) is 0 Å². The predicted octanol–water partition coefficient (Wildman–Crippen LogP) is 3.10. The molecule has 0 fully saturated rings. The summed E-state index contributed by atoms with van der Waals surface area (Å²) in [5.41, 5.74) is 1.28. The molecule has 15 heavy (non-hydrogen) atoms. The standard InChI is InChI=1S/C12H21NO2/c1-4-6-7-11(13)9-8-10(3)12(14)15-5-2/h8,13H,4-7,9H2,1-3H3. The highest BCUT2D eigenvalue weighted by Gasteiger charge is 2.04. The normalized spacial score (nSPS) is 11.3. The van der Waals surface area contributed by atoms with Gasteiger partial charge in [0.05, 0.1) is 6.61 Å². The van der Waals surface area contributed by atoms with E-state index in [1.54, 1.807) is 19.9 Å². The van der Waals surface area contributed by atoms with Crippen LogP contribution in [0, 0.1) is 5.41 Å². The maximum Gasteiger partial charge on any atom is 0.333 e. The van der Waals surface area contributed by atoms with Gasteiger partial charge in [0.1, 0.15) is 0 Å². The highest BCUT2D eigenvalue weighted by atomic mass is 16.5. The van der Waals surface area contributed by atoms with Crippen molar-refractivity contribution in [3.05, 3.63) is 11.6 Å². The van der Waals surface area contributed by atoms with Crippen LogP contribution in [0.2, 0.25) is 0 Å². The molecule has 0 aromatic heterocycles. The molecule has 0 atom stereocenters. The minimum Gasteiger partial charge on any atom is -0.463 e. The summed E-state index contributed by atoms with van der Waals surface area (Å²) in [6, 6.07) is 0. The van der Waals surface area contributed by atoms with Crippen LogP contribution in [0.15, 0.2) is 11.6 Å². The van der Waals surface area contributed by atoms with Gasteiger partial charge in [-0.1, -0.05) is 19.4 Å². The molecule has 0 unspecified atom stereocenters. The van der Waals surface area contributed by atoms with Gasteiger partial charge in [-0.15, -0.1) is 0 Å². The fourth-order valence-corrected chi connectivity index (χ4v) is 1.10. The van der Waals surface area contributed by atoms with E-state index < -0.39 is 0 Å². The lowest BCUT2D eigenvalue weighted by Gasteiger charge is -2.02. The molecule has 3 nitrogen and oxygen atoms in total. The molecule has 0 aliphatic heterocycles. The molecule has 1 N–H and O–H groups in total. The van der Waals surface area contributed by atoms with Crippen molar-refractivity contribution in [2.24, 2.45) is 0 Å². The summed E-state index contributed by atoms with van der Waals surface area (Å²) in [6.07, 6.45) is 5.30. The van der Waals surface area contributed by atoms with Gasteiger partial charge in [0, 0.05) is 17.7 Å². The molecule has 0 saturated heterocycles. The molecule has 0 aliphatic carbocycles. The number of nitrogens with one attached hydrogen (secondary N) is 1. The van der Waals surface area contributed by atoms with Gasteiger partial charge < -0.3 is 10.1 Å². The zero-order chi connectivity index (χ0) is 11.7. The summed E-state index contributed by atoms with van der Waals surface area (Å²) in [5.74, 6) is -0.277. The van der Waals surface area contributed by atoms with Crippen LogP contribution >= 0.6 is 0 Å². The zero-order valence-electron chi connectivity index (χ0n) is 9.93. The zero-order valence-corrected chi connectivity index (χ0v) is 9.93. The fraction of sp³-hybridized carbons (Fsp3) is 0.667. The Kier molecular flexibility index (Phi) is 7.60. The molecule has 0 bridgehead atoms. The topological polar surface area (TPSA) is 50.2 Å². The number of unbranched alkanes of at least 4 members (excludes halogenated alkanes) is 1. The molecule has 86 valence electrons. The number of hydrogen-bond acceptors (Lipinski definition) is 3. The van der Waals surface area contributed by atoms with Gasteiger partial charge >= 0.3 is 5.97 Å². The first kappa shape index (κ1) is 13.9. The highest BCUT2D eigenvalue weighted by molar-refractivity contribution is 5.90. The van der Waals surface area contributed by atoms with Crippen LogP contribution in [-0.4, -0.2) is 18.3 Å². The van der Waals surface area contributed by atoms with Gasteiger partial charge in [0.15, 0.2) is 0 Å². The fourth-order valence-electron chi connectivity index (χ4n) is 1.10. The Morgan fingerprint density at radius 1 is 1.40 bits per heavy atom. The van der Waals surface area contributed by atoms with Crippen molar-refractivity contribution in [2.45, 2.75) is 46.5 Å². The average Bonchev–Trinajstić information content (AvgIpc) is 2.23. The monoisotopic (exact) mass is 211 g/mol. The van der Waals surface area contributed by atoms with Crippen LogP contribution in [0.25, 0.3) is 0 Å². The lowest BCUT2D eigenvalue weighted by molar-refractivity contribution is -0.138. The summed E-state index contributed by atoms with van der Waals surface area (Å²) in [7, 11) is 0. The Hall–Kier alpha value is -1.12. The Morgan fingerprint density at radius 3 is 2.60 bits per heavy atom. The van der Waals surface area contributed by atoms with E-state index in [-0.39, 0.29) is 5.97 Å². The van der Waals surface area contributed by atoms with Crippen molar-refractivity contribution in [3.63, 3.8) is 0 Å². The van der Waals surface area contributed by atoms with E-state index in [4.69, 9.17) is 10.1 Å². The van der Waals surface area contributed by atoms with Crippen LogP contribution in [-0.2, 0) is 9.53 Å². The van der Waals surface area contributed by atoms with E-state index in [2.05, 4.69) is 6.92 Å². The number of carbonyl (C=O) groups excluding carboxylic acids is 1. The number of allylic oxidation sites excluding steroid dienone is 1. The second-order valence-corrected chi connectivity index (χ2v) is 3.52. The largest absolute Gasteiger partial charge is 0.463 e. The Bertz CT molecular complexity index is 244. The molecule has 0 aromatic carbocycles. The van der Waals surface area contributed by atoms with Crippen LogP contribution in [0.5, 0.6) is 0 Å². The molecule has 0 saturated carbocycles. The van der Waals surface area contributed by atoms with Crippen molar-refractivity contribution in [1.29, 1.82) is 5.41 Å². The third-order valence-corrected chi connectivity index (χ3v) is 2.08. The number of carbonyl (C=O) groups is 1. The third kappa shape index (κ3) is 6.89. The lowest BCUT2D eigenvalue weighted by Crippen LogP contribution is -2.05. The summed E-state index contributed by atoms with van der Waals surface area (Å²) in [4.78, 5) is 11.2. The Labute approximate surface area is 92.0 Å². The maximum atomic E-state index is 11.2. The van der Waals surface area contributed by atoms with Crippen LogP contribution in [0.1, 0.15) is 46.5 Å². The van der Waals surface area contributed by atoms with E-state index >= 15 is 0 Å². The van der Waals surface area contributed by atoms with Gasteiger partial charge in [0.25, 0.3) is 0 Å². The van der Waals surface area contributed by atoms with Crippen molar-refractivity contribution in [3.8, 4) is 0 Å². The average molecular weight is 211 g/mol. The van der Waals surface area contributed by atoms with Gasteiger partial charge in [0.2, 0.25) is 0 Å². The van der Waals surface area contributed by atoms with Crippen molar-refractivity contribution in [1.82, 2.24) is 0 Å². The Morgan fingerprint density at radius 2 is 2.07 bits per heavy atom. The third-order valence-electron chi connectivity index (χ3n) is 2.08. The van der Waals surface area contributed by atoms with E-state index in [0.717, 1.165) is 19.3 Å². The van der Waals surface area contributed by atoms with E-state index in [0.29, 0.717) is 24.3 Å². The SMILES string of the molecule is CCCCC(=N)CC=C(C)C(=O)OCC. The summed E-state index contributed by atoms with van der Waals surface area (Å²) in [6.45, 7) is 6.02. The number of esters is 1. The minimum absolute atomic E-state index is 0.277.